The van der Waals surface area contributed by atoms with E-state index in [1.807, 2.05) is 24.3 Å². The van der Waals surface area contributed by atoms with E-state index in [-0.39, 0.29) is 5.91 Å². The molecule has 1 aromatic rings. The highest BCUT2D eigenvalue weighted by Crippen LogP contribution is 2.18. The van der Waals surface area contributed by atoms with Gasteiger partial charge in [-0.2, -0.15) is 0 Å². The molecule has 1 aliphatic heterocycles. The molecule has 0 unspecified atom stereocenters. The molecule has 0 radical (unpaired) electrons. The zero-order chi connectivity index (χ0) is 18.9. The van der Waals surface area contributed by atoms with E-state index < -0.39 is 0 Å². The number of aliphatic imine (C=N–C) groups is 1. The van der Waals surface area contributed by atoms with Crippen LogP contribution in [0.15, 0.2) is 29.3 Å². The molecule has 0 aliphatic carbocycles. The van der Waals surface area contributed by atoms with Crippen LogP contribution in [0.4, 0.5) is 0 Å². The van der Waals surface area contributed by atoms with Gasteiger partial charge in [0.1, 0.15) is 0 Å². The van der Waals surface area contributed by atoms with Crippen molar-refractivity contribution < 1.29 is 4.79 Å². The molecule has 0 atom stereocenters. The van der Waals surface area contributed by atoms with Crippen molar-refractivity contribution in [2.24, 2.45) is 10.9 Å². The number of piperidine rings is 1. The zero-order valence-corrected chi connectivity index (χ0v) is 16.6. The van der Waals surface area contributed by atoms with Crippen molar-refractivity contribution in [1.29, 1.82) is 0 Å². The molecule has 6 nitrogen and oxygen atoms in total. The second-order valence-electron chi connectivity index (χ2n) is 7.28. The minimum absolute atomic E-state index is 0.0240. The summed E-state index contributed by atoms with van der Waals surface area (Å²) in [6.07, 6.45) is 3.78. The summed E-state index contributed by atoms with van der Waals surface area (Å²) in [6, 6.07) is 7.70. The number of amides is 1. The molecule has 26 heavy (non-hydrogen) atoms. The third-order valence-corrected chi connectivity index (χ3v) is 4.97. The van der Waals surface area contributed by atoms with Gasteiger partial charge < -0.3 is 20.4 Å². The standard InChI is InChI=1S/C20H33N5O/c1-21-20(22-12-9-16-10-13-25(4)14-11-16)23-15-17-5-7-18(8-6-17)19(26)24(2)3/h5-8,16H,9-15H2,1-4H3,(H2,21,22,23). The molecule has 1 heterocycles. The molecular weight excluding hydrogens is 326 g/mol. The maximum Gasteiger partial charge on any atom is 0.253 e. The van der Waals surface area contributed by atoms with Crippen molar-refractivity contribution >= 4 is 11.9 Å². The Labute approximate surface area is 157 Å². The summed E-state index contributed by atoms with van der Waals surface area (Å²) < 4.78 is 0. The van der Waals surface area contributed by atoms with Crippen LogP contribution in [0.3, 0.4) is 0 Å². The largest absolute Gasteiger partial charge is 0.356 e. The van der Waals surface area contributed by atoms with Crippen LogP contribution in [-0.2, 0) is 6.54 Å². The van der Waals surface area contributed by atoms with Crippen LogP contribution in [0, 0.1) is 5.92 Å². The monoisotopic (exact) mass is 359 g/mol. The summed E-state index contributed by atoms with van der Waals surface area (Å²) in [6.45, 7) is 4.06. The topological polar surface area (TPSA) is 60.0 Å². The normalized spacial score (nSPS) is 16.4. The first-order valence-corrected chi connectivity index (χ1v) is 9.43. The number of nitrogens with zero attached hydrogens (tertiary/aromatic N) is 3. The van der Waals surface area contributed by atoms with Crippen LogP contribution in [0.5, 0.6) is 0 Å². The molecule has 0 aromatic heterocycles. The Balaban J connectivity index is 1.72. The lowest BCUT2D eigenvalue weighted by atomic mass is 9.94. The van der Waals surface area contributed by atoms with Crippen LogP contribution in [-0.4, -0.2) is 69.5 Å². The van der Waals surface area contributed by atoms with E-state index in [9.17, 15) is 4.79 Å². The smallest absolute Gasteiger partial charge is 0.253 e. The average Bonchev–Trinajstić information content (AvgIpc) is 2.65. The Morgan fingerprint density at radius 2 is 1.85 bits per heavy atom. The van der Waals surface area contributed by atoms with Gasteiger partial charge >= 0.3 is 0 Å². The lowest BCUT2D eigenvalue weighted by Crippen LogP contribution is -2.38. The van der Waals surface area contributed by atoms with E-state index in [4.69, 9.17) is 0 Å². The first kappa shape index (κ1) is 20.2. The van der Waals surface area contributed by atoms with Crippen LogP contribution in [0.1, 0.15) is 35.2 Å². The Bertz CT molecular complexity index is 589. The lowest BCUT2D eigenvalue weighted by molar-refractivity contribution is 0.0827. The fraction of sp³-hybridized carbons (Fsp3) is 0.600. The molecule has 144 valence electrons. The fourth-order valence-corrected chi connectivity index (χ4v) is 3.18. The van der Waals surface area contributed by atoms with E-state index in [1.54, 1.807) is 26.0 Å². The number of benzene rings is 1. The number of carbonyl (C=O) groups excluding carboxylic acids is 1. The maximum atomic E-state index is 11.9. The zero-order valence-electron chi connectivity index (χ0n) is 16.6. The average molecular weight is 360 g/mol. The van der Waals surface area contributed by atoms with Crippen molar-refractivity contribution in [3.05, 3.63) is 35.4 Å². The van der Waals surface area contributed by atoms with Gasteiger partial charge in [0.05, 0.1) is 0 Å². The Kier molecular flexibility index (Phi) is 7.91. The van der Waals surface area contributed by atoms with E-state index in [0.29, 0.717) is 12.1 Å². The number of carbonyl (C=O) groups is 1. The van der Waals surface area contributed by atoms with E-state index in [0.717, 1.165) is 24.0 Å². The Morgan fingerprint density at radius 1 is 1.19 bits per heavy atom. The van der Waals surface area contributed by atoms with E-state index >= 15 is 0 Å². The summed E-state index contributed by atoms with van der Waals surface area (Å²) in [4.78, 5) is 20.2. The van der Waals surface area contributed by atoms with Gasteiger partial charge in [0.25, 0.3) is 5.91 Å². The summed E-state index contributed by atoms with van der Waals surface area (Å²) in [7, 11) is 7.52. The van der Waals surface area contributed by atoms with E-state index in [2.05, 4.69) is 27.6 Å². The Morgan fingerprint density at radius 3 is 2.42 bits per heavy atom. The van der Waals surface area contributed by atoms with Crippen LogP contribution < -0.4 is 10.6 Å². The van der Waals surface area contributed by atoms with Crippen molar-refractivity contribution in [1.82, 2.24) is 20.4 Å². The molecule has 6 heteroatoms. The number of guanidine groups is 1. The first-order chi connectivity index (χ1) is 12.5. The van der Waals surface area contributed by atoms with Crippen molar-refractivity contribution in [2.45, 2.75) is 25.8 Å². The molecule has 2 N–H and O–H groups in total. The highest BCUT2D eigenvalue weighted by molar-refractivity contribution is 5.93. The molecule has 2 rings (SSSR count). The predicted molar refractivity (Wildman–Crippen MR) is 107 cm³/mol. The molecule has 0 spiro atoms. The van der Waals surface area contributed by atoms with Gasteiger partial charge in [0.15, 0.2) is 5.96 Å². The van der Waals surface area contributed by atoms with Crippen LogP contribution >= 0.6 is 0 Å². The summed E-state index contributed by atoms with van der Waals surface area (Å²) in [5.41, 5.74) is 1.83. The van der Waals surface area contributed by atoms with Crippen LogP contribution in [0.25, 0.3) is 0 Å². The van der Waals surface area contributed by atoms with Gasteiger partial charge in [-0.3, -0.25) is 9.79 Å². The summed E-state index contributed by atoms with van der Waals surface area (Å²) in [5.74, 6) is 1.67. The lowest BCUT2D eigenvalue weighted by Gasteiger charge is -2.29. The van der Waals surface area contributed by atoms with Crippen molar-refractivity contribution in [3.63, 3.8) is 0 Å². The third-order valence-electron chi connectivity index (χ3n) is 4.97. The molecule has 1 amide bonds. The number of likely N-dealkylation sites (tertiary alicyclic amines) is 1. The Hall–Kier alpha value is -2.08. The molecule has 1 aromatic carbocycles. The second kappa shape index (κ2) is 10.2. The summed E-state index contributed by atoms with van der Waals surface area (Å²) in [5, 5.41) is 6.74. The highest BCUT2D eigenvalue weighted by Gasteiger charge is 2.16. The third kappa shape index (κ3) is 6.33. The minimum atomic E-state index is 0.0240. The highest BCUT2D eigenvalue weighted by atomic mass is 16.2. The van der Waals surface area contributed by atoms with Gasteiger partial charge in [0, 0.05) is 39.8 Å². The second-order valence-corrected chi connectivity index (χ2v) is 7.28. The minimum Gasteiger partial charge on any atom is -0.356 e. The molecular formula is C20H33N5O. The number of hydrogen-bond donors (Lipinski definition) is 2. The van der Waals surface area contributed by atoms with E-state index in [1.165, 1.54) is 32.4 Å². The quantitative estimate of drug-likeness (QED) is 0.600. The maximum absolute atomic E-state index is 11.9. The molecule has 1 fully saturated rings. The van der Waals surface area contributed by atoms with Crippen LogP contribution in [0.2, 0.25) is 0 Å². The molecule has 1 saturated heterocycles. The number of nitrogens with one attached hydrogen (secondary N) is 2. The summed E-state index contributed by atoms with van der Waals surface area (Å²) >= 11 is 0. The predicted octanol–water partition coefficient (Wildman–Crippen LogP) is 1.79. The van der Waals surface area contributed by atoms with Gasteiger partial charge in [-0.05, 0) is 63.0 Å². The first-order valence-electron chi connectivity index (χ1n) is 9.43. The van der Waals surface area contributed by atoms with Gasteiger partial charge in [-0.15, -0.1) is 0 Å². The van der Waals surface area contributed by atoms with Crippen molar-refractivity contribution in [2.75, 3.05) is 47.8 Å². The molecule has 1 aliphatic rings. The number of hydrogen-bond acceptors (Lipinski definition) is 3. The van der Waals surface area contributed by atoms with Gasteiger partial charge in [0.2, 0.25) is 0 Å². The van der Waals surface area contributed by atoms with Crippen molar-refractivity contribution in [3.8, 4) is 0 Å². The SMILES string of the molecule is CN=C(NCCC1CCN(C)CC1)NCc1ccc(C(=O)N(C)C)cc1. The number of rotatable bonds is 6. The van der Waals surface area contributed by atoms with Gasteiger partial charge in [-0.25, -0.2) is 0 Å². The fourth-order valence-electron chi connectivity index (χ4n) is 3.18. The molecule has 0 bridgehead atoms. The van der Waals surface area contributed by atoms with Gasteiger partial charge in [-0.1, -0.05) is 12.1 Å². The molecule has 0 saturated carbocycles.